The van der Waals surface area contributed by atoms with Gasteiger partial charge in [0.2, 0.25) is 0 Å². The van der Waals surface area contributed by atoms with Crippen LogP contribution in [0.15, 0.2) is 24.3 Å². The quantitative estimate of drug-likeness (QED) is 0.739. The number of hydrogen-bond donors (Lipinski definition) is 1. The average Bonchev–Trinajstić information content (AvgIpc) is 2.15. The Kier molecular flexibility index (Phi) is 4.99. The summed E-state index contributed by atoms with van der Waals surface area (Å²) in [4.78, 5) is 0. The van der Waals surface area contributed by atoms with Gasteiger partial charge in [0.15, 0.2) is 0 Å². The van der Waals surface area contributed by atoms with Crippen molar-refractivity contribution >= 4 is 11.6 Å². The van der Waals surface area contributed by atoms with E-state index in [2.05, 4.69) is 43.4 Å². The van der Waals surface area contributed by atoms with Gasteiger partial charge in [-0.25, -0.2) is 0 Å². The lowest BCUT2D eigenvalue weighted by molar-refractivity contribution is 0.536. The van der Waals surface area contributed by atoms with E-state index < -0.39 is 0 Å². The highest BCUT2D eigenvalue weighted by Crippen LogP contribution is 2.04. The van der Waals surface area contributed by atoms with E-state index in [0.717, 1.165) is 18.8 Å². The van der Waals surface area contributed by atoms with Gasteiger partial charge in [-0.2, -0.15) is 0 Å². The molecule has 1 N–H and O–H groups in total. The maximum absolute atomic E-state index is 5.66. The summed E-state index contributed by atoms with van der Waals surface area (Å²) < 4.78 is 0. The van der Waals surface area contributed by atoms with Crippen molar-refractivity contribution in [1.82, 2.24) is 5.32 Å². The normalized spacial score (nSPS) is 12.8. The molecule has 0 amide bonds. The Balaban J connectivity index is 2.37. The predicted molar refractivity (Wildman–Crippen MR) is 62.8 cm³/mol. The van der Waals surface area contributed by atoms with Gasteiger partial charge >= 0.3 is 0 Å². The molecule has 0 bridgehead atoms. The molecule has 0 spiro atoms. The zero-order valence-corrected chi connectivity index (χ0v) is 9.64. The van der Waals surface area contributed by atoms with Crippen LogP contribution < -0.4 is 5.32 Å². The van der Waals surface area contributed by atoms with Crippen molar-refractivity contribution in [2.75, 3.05) is 5.88 Å². The summed E-state index contributed by atoms with van der Waals surface area (Å²) in [5.41, 5.74) is 2.65. The van der Waals surface area contributed by atoms with E-state index in [4.69, 9.17) is 11.6 Å². The zero-order valence-electron chi connectivity index (χ0n) is 8.89. The first kappa shape index (κ1) is 11.5. The zero-order chi connectivity index (χ0) is 10.4. The van der Waals surface area contributed by atoms with E-state index >= 15 is 0 Å². The number of hydrogen-bond acceptors (Lipinski definition) is 1. The monoisotopic (exact) mass is 211 g/mol. The van der Waals surface area contributed by atoms with Gasteiger partial charge in [-0.15, -0.1) is 11.6 Å². The number of aryl methyl sites for hydroxylation is 1. The van der Waals surface area contributed by atoms with Crippen LogP contribution in [0.4, 0.5) is 0 Å². The molecule has 0 aromatic heterocycles. The summed E-state index contributed by atoms with van der Waals surface area (Å²) in [5.74, 6) is 0.724. The van der Waals surface area contributed by atoms with Gasteiger partial charge in [0, 0.05) is 18.5 Å². The fourth-order valence-corrected chi connectivity index (χ4v) is 1.71. The summed E-state index contributed by atoms with van der Waals surface area (Å²) in [5, 5.41) is 3.44. The smallest absolute Gasteiger partial charge is 0.0238 e. The summed E-state index contributed by atoms with van der Waals surface area (Å²) in [7, 11) is 0. The Hall–Kier alpha value is -0.530. The van der Waals surface area contributed by atoms with Gasteiger partial charge in [-0.3, -0.25) is 0 Å². The van der Waals surface area contributed by atoms with Crippen LogP contribution in [0, 0.1) is 6.92 Å². The predicted octanol–water partition coefficient (Wildman–Crippen LogP) is 3.10. The first-order chi connectivity index (χ1) is 6.72. The highest BCUT2D eigenvalue weighted by molar-refractivity contribution is 6.17. The molecule has 1 atom stereocenters. The van der Waals surface area contributed by atoms with Gasteiger partial charge in [0.1, 0.15) is 0 Å². The molecule has 1 aromatic rings. The van der Waals surface area contributed by atoms with Crippen LogP contribution in [0.25, 0.3) is 0 Å². The second kappa shape index (κ2) is 6.05. The fraction of sp³-hybridized carbons (Fsp3) is 0.500. The van der Waals surface area contributed by atoms with Crippen LogP contribution in [0.1, 0.15) is 24.5 Å². The summed E-state index contributed by atoms with van der Waals surface area (Å²) in [6.45, 7) is 5.21. The average molecular weight is 212 g/mol. The second-order valence-corrected chi connectivity index (χ2v) is 4.13. The standard InChI is InChI=1S/C12H18ClN/c1-10-4-3-5-12(8-10)9-14-11(2)6-7-13/h3-5,8,11,14H,6-7,9H2,1-2H3. The molecule has 78 valence electrons. The van der Waals surface area contributed by atoms with Gasteiger partial charge in [-0.05, 0) is 25.8 Å². The maximum atomic E-state index is 5.66. The minimum absolute atomic E-state index is 0.494. The van der Waals surface area contributed by atoms with Crippen molar-refractivity contribution in [3.8, 4) is 0 Å². The molecule has 1 unspecified atom stereocenters. The molecule has 0 aliphatic heterocycles. The van der Waals surface area contributed by atoms with E-state index in [-0.39, 0.29) is 0 Å². The van der Waals surface area contributed by atoms with Crippen LogP contribution >= 0.6 is 11.6 Å². The molecule has 1 rings (SSSR count). The highest BCUT2D eigenvalue weighted by Gasteiger charge is 1.99. The van der Waals surface area contributed by atoms with Gasteiger partial charge in [0.05, 0.1) is 0 Å². The van der Waals surface area contributed by atoms with E-state index in [1.165, 1.54) is 11.1 Å². The Morgan fingerprint density at radius 2 is 2.21 bits per heavy atom. The second-order valence-electron chi connectivity index (χ2n) is 3.75. The SMILES string of the molecule is Cc1cccc(CNC(C)CCCl)c1. The van der Waals surface area contributed by atoms with Crippen molar-refractivity contribution in [2.45, 2.75) is 32.9 Å². The Morgan fingerprint density at radius 3 is 2.86 bits per heavy atom. The van der Waals surface area contributed by atoms with Gasteiger partial charge in [-0.1, -0.05) is 29.8 Å². The third kappa shape index (κ3) is 4.12. The lowest BCUT2D eigenvalue weighted by atomic mass is 10.1. The Morgan fingerprint density at radius 1 is 1.43 bits per heavy atom. The molecule has 0 fully saturated rings. The Labute approximate surface area is 91.5 Å². The molecule has 14 heavy (non-hydrogen) atoms. The molecule has 0 radical (unpaired) electrons. The molecule has 0 heterocycles. The van der Waals surface area contributed by atoms with Crippen molar-refractivity contribution in [3.63, 3.8) is 0 Å². The van der Waals surface area contributed by atoms with E-state index in [9.17, 15) is 0 Å². The fourth-order valence-electron chi connectivity index (χ4n) is 1.38. The third-order valence-electron chi connectivity index (χ3n) is 2.28. The van der Waals surface area contributed by atoms with Crippen LogP contribution in [0.5, 0.6) is 0 Å². The van der Waals surface area contributed by atoms with E-state index in [0.29, 0.717) is 6.04 Å². The third-order valence-corrected chi connectivity index (χ3v) is 2.50. The largest absolute Gasteiger partial charge is 0.310 e. The van der Waals surface area contributed by atoms with Crippen molar-refractivity contribution in [1.29, 1.82) is 0 Å². The minimum atomic E-state index is 0.494. The number of benzene rings is 1. The molecule has 0 aliphatic carbocycles. The van der Waals surface area contributed by atoms with Crippen molar-refractivity contribution in [2.24, 2.45) is 0 Å². The molecule has 1 aromatic carbocycles. The minimum Gasteiger partial charge on any atom is -0.310 e. The number of nitrogens with one attached hydrogen (secondary N) is 1. The molecule has 0 saturated heterocycles. The molecule has 2 heteroatoms. The van der Waals surface area contributed by atoms with E-state index in [1.807, 2.05) is 0 Å². The Bertz CT molecular complexity index is 273. The van der Waals surface area contributed by atoms with Gasteiger partial charge < -0.3 is 5.32 Å². The maximum Gasteiger partial charge on any atom is 0.0238 e. The number of halogens is 1. The lowest BCUT2D eigenvalue weighted by Crippen LogP contribution is -2.25. The topological polar surface area (TPSA) is 12.0 Å². The summed E-state index contributed by atoms with van der Waals surface area (Å²) in [6.07, 6.45) is 1.02. The van der Waals surface area contributed by atoms with Crippen molar-refractivity contribution in [3.05, 3.63) is 35.4 Å². The van der Waals surface area contributed by atoms with E-state index in [1.54, 1.807) is 0 Å². The highest BCUT2D eigenvalue weighted by atomic mass is 35.5. The van der Waals surface area contributed by atoms with Crippen molar-refractivity contribution < 1.29 is 0 Å². The molecular weight excluding hydrogens is 194 g/mol. The summed E-state index contributed by atoms with van der Waals surface area (Å²) in [6, 6.07) is 9.06. The van der Waals surface area contributed by atoms with Gasteiger partial charge in [0.25, 0.3) is 0 Å². The van der Waals surface area contributed by atoms with Crippen LogP contribution in [-0.4, -0.2) is 11.9 Å². The first-order valence-corrected chi connectivity index (χ1v) is 5.60. The lowest BCUT2D eigenvalue weighted by Gasteiger charge is -2.12. The molecular formula is C12H18ClN. The molecule has 0 saturated carbocycles. The molecule has 0 aliphatic rings. The number of rotatable bonds is 5. The summed E-state index contributed by atoms with van der Waals surface area (Å²) >= 11 is 5.66. The van der Waals surface area contributed by atoms with Crippen LogP contribution in [0.2, 0.25) is 0 Å². The van der Waals surface area contributed by atoms with Crippen LogP contribution in [-0.2, 0) is 6.54 Å². The molecule has 1 nitrogen and oxygen atoms in total. The first-order valence-electron chi connectivity index (χ1n) is 5.07. The number of alkyl halides is 1. The van der Waals surface area contributed by atoms with Crippen LogP contribution in [0.3, 0.4) is 0 Å².